The van der Waals surface area contributed by atoms with Crippen molar-refractivity contribution in [2.24, 2.45) is 0 Å². The first-order valence-corrected chi connectivity index (χ1v) is 10.9. The lowest BCUT2D eigenvalue weighted by Gasteiger charge is -2.24. The van der Waals surface area contributed by atoms with Gasteiger partial charge in [0.1, 0.15) is 6.54 Å². The Bertz CT molecular complexity index is 1110. The molecule has 6 nitrogen and oxygen atoms in total. The lowest BCUT2D eigenvalue weighted by molar-refractivity contribution is -0.131. The largest absolute Gasteiger partial charge is 0.370 e. The molecule has 1 amide bonds. The van der Waals surface area contributed by atoms with E-state index in [4.69, 9.17) is 5.26 Å². The van der Waals surface area contributed by atoms with Crippen molar-refractivity contribution in [2.45, 2.75) is 23.9 Å². The molecule has 4 rings (SSSR count). The lowest BCUT2D eigenvalue weighted by atomic mass is 10.2. The molecule has 1 aliphatic heterocycles. The summed E-state index contributed by atoms with van der Waals surface area (Å²) in [6.45, 7) is 2.60. The van der Waals surface area contributed by atoms with Gasteiger partial charge in [0.15, 0.2) is 5.16 Å². The van der Waals surface area contributed by atoms with Crippen LogP contribution in [0.4, 0.5) is 14.5 Å². The maximum atomic E-state index is 13.1. The molecule has 0 saturated carbocycles. The minimum absolute atomic E-state index is 0.0214. The summed E-state index contributed by atoms with van der Waals surface area (Å²) in [6, 6.07) is 16.7. The molecule has 0 spiro atoms. The van der Waals surface area contributed by atoms with Crippen LogP contribution < -0.4 is 4.90 Å². The number of nitrogens with zero attached hydrogens (tertiary/aromatic N) is 5. The number of alkyl halides is 2. The molecular formula is C22H21F2N5OS. The molecular weight excluding hydrogens is 420 g/mol. The average molecular weight is 442 g/mol. The number of carbonyl (C=O) groups is 1. The lowest BCUT2D eigenvalue weighted by Crippen LogP contribution is -2.37. The zero-order valence-electron chi connectivity index (χ0n) is 16.7. The number of para-hydroxylation sites is 2. The van der Waals surface area contributed by atoms with Gasteiger partial charge in [-0.3, -0.25) is 4.79 Å². The van der Waals surface area contributed by atoms with Crippen LogP contribution in [0, 0.1) is 11.3 Å². The number of thioether (sulfide) groups is 1. The van der Waals surface area contributed by atoms with Gasteiger partial charge >= 0.3 is 0 Å². The molecule has 0 atom stereocenters. The van der Waals surface area contributed by atoms with Crippen LogP contribution in [-0.2, 0) is 11.3 Å². The molecule has 0 bridgehead atoms. The number of nitriles is 1. The van der Waals surface area contributed by atoms with Crippen molar-refractivity contribution < 1.29 is 13.6 Å². The minimum Gasteiger partial charge on any atom is -0.370 e. The van der Waals surface area contributed by atoms with Gasteiger partial charge in [0, 0.05) is 31.9 Å². The van der Waals surface area contributed by atoms with Crippen molar-refractivity contribution >= 4 is 34.4 Å². The van der Waals surface area contributed by atoms with Gasteiger partial charge in [-0.15, -0.1) is 0 Å². The SMILES string of the molecule is N#Cc1ccc(N2CCCN(C(=O)Cn3c(SC(F)F)nc4ccccc43)CC2)cc1. The molecule has 0 aliphatic carbocycles. The molecule has 3 aromatic rings. The molecule has 0 N–H and O–H groups in total. The van der Waals surface area contributed by atoms with Crippen molar-refractivity contribution in [3.05, 3.63) is 54.1 Å². The highest BCUT2D eigenvalue weighted by molar-refractivity contribution is 7.99. The molecule has 31 heavy (non-hydrogen) atoms. The summed E-state index contributed by atoms with van der Waals surface area (Å²) in [6.07, 6.45) is 0.801. The van der Waals surface area contributed by atoms with E-state index in [9.17, 15) is 13.6 Å². The van der Waals surface area contributed by atoms with Crippen LogP contribution in [0.25, 0.3) is 11.0 Å². The Balaban J connectivity index is 1.47. The highest BCUT2D eigenvalue weighted by Gasteiger charge is 2.23. The maximum Gasteiger partial charge on any atom is 0.291 e. The fraction of sp³-hybridized carbons (Fsp3) is 0.318. The van der Waals surface area contributed by atoms with Gasteiger partial charge in [0.25, 0.3) is 5.76 Å². The number of halogens is 2. The third-order valence-electron chi connectivity index (χ3n) is 5.32. The molecule has 0 radical (unpaired) electrons. The molecule has 0 unspecified atom stereocenters. The number of hydrogen-bond acceptors (Lipinski definition) is 5. The summed E-state index contributed by atoms with van der Waals surface area (Å²) >= 11 is 0.361. The summed E-state index contributed by atoms with van der Waals surface area (Å²) in [5.74, 6) is -2.72. The molecule has 1 fully saturated rings. The first-order valence-electron chi connectivity index (χ1n) is 9.98. The van der Waals surface area contributed by atoms with Gasteiger partial charge in [0.05, 0.1) is 22.7 Å². The third-order valence-corrected chi connectivity index (χ3v) is 6.02. The number of fused-ring (bicyclic) bond motifs is 1. The Labute approximate surface area is 183 Å². The maximum absolute atomic E-state index is 13.1. The zero-order valence-corrected chi connectivity index (χ0v) is 17.6. The van der Waals surface area contributed by atoms with Crippen LogP contribution in [0.5, 0.6) is 0 Å². The summed E-state index contributed by atoms with van der Waals surface area (Å²) in [5, 5.41) is 9.11. The van der Waals surface area contributed by atoms with Crippen LogP contribution in [0.1, 0.15) is 12.0 Å². The van der Waals surface area contributed by atoms with E-state index in [-0.39, 0.29) is 17.6 Å². The van der Waals surface area contributed by atoms with E-state index in [0.717, 1.165) is 18.7 Å². The number of imidazole rings is 1. The first kappa shape index (κ1) is 21.1. The van der Waals surface area contributed by atoms with Gasteiger partial charge in [0.2, 0.25) is 5.91 Å². The molecule has 1 saturated heterocycles. The van der Waals surface area contributed by atoms with Gasteiger partial charge in [-0.25, -0.2) is 4.98 Å². The Kier molecular flexibility index (Phi) is 6.37. The molecule has 2 aromatic carbocycles. The summed E-state index contributed by atoms with van der Waals surface area (Å²) < 4.78 is 27.6. The van der Waals surface area contributed by atoms with Crippen LogP contribution in [0.2, 0.25) is 0 Å². The van der Waals surface area contributed by atoms with E-state index in [0.29, 0.717) is 48.0 Å². The van der Waals surface area contributed by atoms with Crippen LogP contribution in [0.3, 0.4) is 0 Å². The van der Waals surface area contributed by atoms with Crippen molar-refractivity contribution in [3.8, 4) is 6.07 Å². The first-order chi connectivity index (χ1) is 15.0. The van der Waals surface area contributed by atoms with Gasteiger partial charge in [-0.2, -0.15) is 14.0 Å². The van der Waals surface area contributed by atoms with E-state index in [1.807, 2.05) is 18.2 Å². The Morgan fingerprint density at radius 3 is 2.61 bits per heavy atom. The van der Waals surface area contributed by atoms with Crippen LogP contribution in [0.15, 0.2) is 53.7 Å². The highest BCUT2D eigenvalue weighted by atomic mass is 32.2. The quantitative estimate of drug-likeness (QED) is 0.561. The average Bonchev–Trinajstić information content (AvgIpc) is 2.94. The van der Waals surface area contributed by atoms with Crippen molar-refractivity contribution in [3.63, 3.8) is 0 Å². The van der Waals surface area contributed by atoms with Crippen LogP contribution in [-0.4, -0.2) is 52.3 Å². The number of anilines is 1. The molecule has 1 aliphatic rings. The second kappa shape index (κ2) is 9.35. The van der Waals surface area contributed by atoms with E-state index >= 15 is 0 Å². The fourth-order valence-electron chi connectivity index (χ4n) is 3.78. The normalized spacial score (nSPS) is 14.6. The van der Waals surface area contributed by atoms with Gasteiger partial charge < -0.3 is 14.4 Å². The second-order valence-electron chi connectivity index (χ2n) is 7.23. The highest BCUT2D eigenvalue weighted by Crippen LogP contribution is 2.28. The summed E-state index contributed by atoms with van der Waals surface area (Å²) in [7, 11) is 0. The smallest absolute Gasteiger partial charge is 0.291 e. The van der Waals surface area contributed by atoms with E-state index in [2.05, 4.69) is 16.0 Å². The fourth-order valence-corrected chi connectivity index (χ4v) is 4.38. The predicted molar refractivity (Wildman–Crippen MR) is 116 cm³/mol. The molecule has 9 heteroatoms. The topological polar surface area (TPSA) is 65.2 Å². The van der Waals surface area contributed by atoms with Gasteiger partial charge in [-0.05, 0) is 54.6 Å². The Morgan fingerprint density at radius 2 is 1.87 bits per heavy atom. The predicted octanol–water partition coefficient (Wildman–Crippen LogP) is 3.96. The minimum atomic E-state index is -2.61. The molecule has 160 valence electrons. The van der Waals surface area contributed by atoms with Crippen LogP contribution >= 0.6 is 11.8 Å². The van der Waals surface area contributed by atoms with E-state index < -0.39 is 5.76 Å². The van der Waals surface area contributed by atoms with Crippen molar-refractivity contribution in [1.82, 2.24) is 14.5 Å². The van der Waals surface area contributed by atoms with E-state index in [1.165, 1.54) is 0 Å². The third kappa shape index (κ3) is 4.80. The van der Waals surface area contributed by atoms with Crippen molar-refractivity contribution in [1.29, 1.82) is 5.26 Å². The number of aromatic nitrogens is 2. The Morgan fingerprint density at radius 1 is 1.10 bits per heavy atom. The standard InChI is InChI=1S/C22H21F2N5OS/c23-21(24)31-22-26-18-4-1-2-5-19(18)29(22)15-20(30)28-11-3-10-27(12-13-28)17-8-6-16(14-25)7-9-17/h1-2,4-9,21H,3,10-13,15H2. The van der Waals surface area contributed by atoms with Crippen molar-refractivity contribution in [2.75, 3.05) is 31.1 Å². The molecule has 2 heterocycles. The number of hydrogen-bond donors (Lipinski definition) is 0. The summed E-state index contributed by atoms with van der Waals surface area (Å²) in [4.78, 5) is 21.3. The van der Waals surface area contributed by atoms with Gasteiger partial charge in [-0.1, -0.05) is 12.1 Å². The van der Waals surface area contributed by atoms with E-state index in [1.54, 1.807) is 39.8 Å². The number of amides is 1. The number of carbonyl (C=O) groups excluding carboxylic acids is 1. The second-order valence-corrected chi connectivity index (χ2v) is 8.19. The number of rotatable bonds is 5. The Hall–Kier alpha value is -3.12. The molecule has 1 aromatic heterocycles. The number of benzene rings is 2. The summed E-state index contributed by atoms with van der Waals surface area (Å²) in [5.41, 5.74) is 2.90. The monoisotopic (exact) mass is 441 g/mol. The zero-order chi connectivity index (χ0) is 21.8.